The highest BCUT2D eigenvalue weighted by Gasteiger charge is 2.47. The number of amides is 2. The summed E-state index contributed by atoms with van der Waals surface area (Å²) in [6.45, 7) is 0.579. The van der Waals surface area contributed by atoms with Gasteiger partial charge >= 0.3 is 6.18 Å². The third-order valence-corrected chi connectivity index (χ3v) is 6.13. The van der Waals surface area contributed by atoms with Gasteiger partial charge in [-0.15, -0.1) is 11.3 Å². The molecule has 1 aliphatic heterocycles. The zero-order valence-electron chi connectivity index (χ0n) is 14.2. The minimum Gasteiger partial charge on any atom is -0.347 e. The van der Waals surface area contributed by atoms with Gasteiger partial charge in [0.2, 0.25) is 0 Å². The monoisotopic (exact) mass is 394 g/mol. The maximum atomic E-state index is 12.8. The van der Waals surface area contributed by atoms with Crippen LogP contribution < -0.4 is 5.32 Å². The molecule has 8 heteroatoms. The van der Waals surface area contributed by atoms with E-state index < -0.39 is 11.7 Å². The quantitative estimate of drug-likeness (QED) is 0.861. The highest BCUT2D eigenvalue weighted by Crippen LogP contribution is 2.39. The van der Waals surface area contributed by atoms with Gasteiger partial charge < -0.3 is 10.2 Å². The molecule has 0 radical (unpaired) electrons. The minimum absolute atomic E-state index is 0.117. The zero-order chi connectivity index (χ0) is 19.2. The number of piperidine rings is 1. The van der Waals surface area contributed by atoms with Gasteiger partial charge in [-0.25, -0.2) is 0 Å². The lowest BCUT2D eigenvalue weighted by atomic mass is 10.0. The molecule has 2 aromatic rings. The second-order valence-electron chi connectivity index (χ2n) is 6.99. The number of benzene rings is 1. The largest absolute Gasteiger partial charge is 0.416 e. The predicted octanol–water partition coefficient (Wildman–Crippen LogP) is 3.80. The number of hydrogen-bond donors (Lipinski definition) is 1. The van der Waals surface area contributed by atoms with E-state index in [2.05, 4.69) is 5.32 Å². The van der Waals surface area contributed by atoms with Crippen molar-refractivity contribution >= 4 is 23.2 Å². The van der Waals surface area contributed by atoms with E-state index in [1.54, 1.807) is 17.0 Å². The van der Waals surface area contributed by atoms with Crippen molar-refractivity contribution in [2.24, 2.45) is 5.92 Å². The molecule has 1 aromatic heterocycles. The molecule has 2 amide bonds. The van der Waals surface area contributed by atoms with Crippen molar-refractivity contribution in [3.05, 3.63) is 57.8 Å². The van der Waals surface area contributed by atoms with Crippen LogP contribution in [0.3, 0.4) is 0 Å². The summed E-state index contributed by atoms with van der Waals surface area (Å²) in [6.07, 6.45) is -2.80. The molecule has 1 aliphatic carbocycles. The standard InChI is InChI=1S/C19H17F3N2O2S/c20-19(21,22)13-5-3-12(4-6-13)18(26)24-10-11-8-14(15(24)9-11)23-17(25)16-2-1-7-27-16/h1-7,11,14-15H,8-10H2,(H,23,25). The molecule has 1 saturated heterocycles. The number of carbonyl (C=O) groups excluding carboxylic acids is 2. The molecule has 27 heavy (non-hydrogen) atoms. The number of nitrogens with one attached hydrogen (secondary N) is 1. The first-order valence-corrected chi connectivity index (χ1v) is 9.53. The van der Waals surface area contributed by atoms with Gasteiger partial charge in [-0.1, -0.05) is 6.07 Å². The number of halogens is 3. The van der Waals surface area contributed by atoms with Crippen molar-refractivity contribution in [1.82, 2.24) is 10.2 Å². The van der Waals surface area contributed by atoms with Crippen molar-refractivity contribution in [3.8, 4) is 0 Å². The van der Waals surface area contributed by atoms with Crippen LogP contribution in [-0.4, -0.2) is 35.3 Å². The Labute approximate surface area is 158 Å². The van der Waals surface area contributed by atoms with Crippen LogP contribution in [0.2, 0.25) is 0 Å². The maximum Gasteiger partial charge on any atom is 0.416 e. The topological polar surface area (TPSA) is 49.4 Å². The molecular weight excluding hydrogens is 377 g/mol. The first-order chi connectivity index (χ1) is 12.8. The number of rotatable bonds is 3. The number of nitrogens with zero attached hydrogens (tertiary/aromatic N) is 1. The Morgan fingerprint density at radius 3 is 2.44 bits per heavy atom. The van der Waals surface area contributed by atoms with Gasteiger partial charge in [0.15, 0.2) is 0 Å². The molecule has 3 atom stereocenters. The summed E-state index contributed by atoms with van der Waals surface area (Å²) in [4.78, 5) is 27.4. The Kier molecular flexibility index (Phi) is 4.46. The Balaban J connectivity index is 1.46. The lowest BCUT2D eigenvalue weighted by Gasteiger charge is -2.33. The lowest BCUT2D eigenvalue weighted by molar-refractivity contribution is -0.137. The summed E-state index contributed by atoms with van der Waals surface area (Å²) < 4.78 is 38.1. The molecule has 1 aromatic carbocycles. The first kappa shape index (κ1) is 18.0. The predicted molar refractivity (Wildman–Crippen MR) is 94.6 cm³/mol. The van der Waals surface area contributed by atoms with Gasteiger partial charge in [-0.2, -0.15) is 13.2 Å². The van der Waals surface area contributed by atoms with Gasteiger partial charge in [0.25, 0.3) is 11.8 Å². The van der Waals surface area contributed by atoms with Crippen LogP contribution in [0.15, 0.2) is 41.8 Å². The molecule has 0 spiro atoms. The van der Waals surface area contributed by atoms with E-state index >= 15 is 0 Å². The summed E-state index contributed by atoms with van der Waals surface area (Å²) in [7, 11) is 0. The van der Waals surface area contributed by atoms with E-state index in [-0.39, 0.29) is 29.5 Å². The van der Waals surface area contributed by atoms with Crippen molar-refractivity contribution in [1.29, 1.82) is 0 Å². The fraction of sp³-hybridized carbons (Fsp3) is 0.368. The smallest absolute Gasteiger partial charge is 0.347 e. The number of hydrogen-bond acceptors (Lipinski definition) is 3. The highest BCUT2D eigenvalue weighted by molar-refractivity contribution is 7.12. The van der Waals surface area contributed by atoms with Crippen LogP contribution in [0.1, 0.15) is 38.4 Å². The van der Waals surface area contributed by atoms with E-state index in [0.717, 1.165) is 25.0 Å². The molecule has 2 bridgehead atoms. The van der Waals surface area contributed by atoms with Crippen molar-refractivity contribution < 1.29 is 22.8 Å². The van der Waals surface area contributed by atoms with E-state index in [0.29, 0.717) is 17.3 Å². The Morgan fingerprint density at radius 2 is 1.85 bits per heavy atom. The average Bonchev–Trinajstić information content (AvgIpc) is 3.37. The van der Waals surface area contributed by atoms with Crippen molar-refractivity contribution in [2.45, 2.75) is 31.1 Å². The molecule has 4 nitrogen and oxygen atoms in total. The summed E-state index contributed by atoms with van der Waals surface area (Å²) in [6, 6.07) is 7.60. The minimum atomic E-state index is -4.43. The molecule has 4 rings (SSSR count). The van der Waals surface area contributed by atoms with Crippen molar-refractivity contribution in [3.63, 3.8) is 0 Å². The number of likely N-dealkylation sites (tertiary alicyclic amines) is 1. The molecule has 2 aliphatic rings. The van der Waals surface area contributed by atoms with Crippen LogP contribution in [0.5, 0.6) is 0 Å². The van der Waals surface area contributed by atoms with E-state index in [9.17, 15) is 22.8 Å². The van der Waals surface area contributed by atoms with Crippen LogP contribution in [0, 0.1) is 5.92 Å². The second-order valence-corrected chi connectivity index (χ2v) is 7.94. The van der Waals surface area contributed by atoms with Crippen LogP contribution in [-0.2, 0) is 6.18 Å². The number of carbonyl (C=O) groups is 2. The summed E-state index contributed by atoms with van der Waals surface area (Å²) >= 11 is 1.36. The van der Waals surface area contributed by atoms with Gasteiger partial charge in [0.05, 0.1) is 16.5 Å². The normalized spacial score (nSPS) is 24.3. The molecule has 1 saturated carbocycles. The Morgan fingerprint density at radius 1 is 1.11 bits per heavy atom. The van der Waals surface area contributed by atoms with Crippen LogP contribution >= 0.6 is 11.3 Å². The number of alkyl halides is 3. The first-order valence-electron chi connectivity index (χ1n) is 8.65. The Bertz CT molecular complexity index is 849. The fourth-order valence-electron chi connectivity index (χ4n) is 4.03. The van der Waals surface area contributed by atoms with Gasteiger partial charge in [-0.3, -0.25) is 9.59 Å². The fourth-order valence-corrected chi connectivity index (χ4v) is 4.66. The molecule has 3 unspecified atom stereocenters. The van der Waals surface area contributed by atoms with E-state index in [1.165, 1.54) is 23.5 Å². The number of thiophene rings is 1. The zero-order valence-corrected chi connectivity index (χ0v) is 15.0. The van der Waals surface area contributed by atoms with Gasteiger partial charge in [0, 0.05) is 18.2 Å². The summed E-state index contributed by atoms with van der Waals surface area (Å²) in [5.41, 5.74) is -0.540. The Hall–Kier alpha value is -2.35. The average molecular weight is 394 g/mol. The second kappa shape index (κ2) is 6.67. The molecule has 142 valence electrons. The molecule has 2 heterocycles. The summed E-state index contributed by atoms with van der Waals surface area (Å²) in [5.74, 6) is -0.127. The van der Waals surface area contributed by atoms with Crippen LogP contribution in [0.25, 0.3) is 0 Å². The van der Waals surface area contributed by atoms with E-state index in [4.69, 9.17) is 0 Å². The van der Waals surface area contributed by atoms with Crippen LogP contribution in [0.4, 0.5) is 13.2 Å². The SMILES string of the molecule is O=C(NC1CC2CC1N(C(=O)c1ccc(C(F)(F)F)cc1)C2)c1cccs1. The molecule has 2 fully saturated rings. The molecular formula is C19H17F3N2O2S. The highest BCUT2D eigenvalue weighted by atomic mass is 32.1. The third-order valence-electron chi connectivity index (χ3n) is 5.26. The number of fused-ring (bicyclic) bond motifs is 2. The van der Waals surface area contributed by atoms with Gasteiger partial charge in [-0.05, 0) is 54.5 Å². The molecule has 1 N–H and O–H groups in total. The van der Waals surface area contributed by atoms with E-state index in [1.807, 2.05) is 5.38 Å². The summed E-state index contributed by atoms with van der Waals surface area (Å²) in [5, 5.41) is 4.84. The van der Waals surface area contributed by atoms with Gasteiger partial charge in [0.1, 0.15) is 0 Å². The maximum absolute atomic E-state index is 12.8. The third kappa shape index (κ3) is 3.45. The lowest BCUT2D eigenvalue weighted by Crippen LogP contribution is -2.51. The van der Waals surface area contributed by atoms with Crippen molar-refractivity contribution in [2.75, 3.05) is 6.54 Å².